The molecule has 3 nitrogen and oxygen atoms in total. The van der Waals surface area contributed by atoms with E-state index in [9.17, 15) is 8.78 Å². The fraction of sp³-hybridized carbons (Fsp3) is 1.00. The van der Waals surface area contributed by atoms with Crippen LogP contribution < -0.4 is 5.32 Å². The van der Waals surface area contributed by atoms with E-state index >= 15 is 0 Å². The zero-order valence-corrected chi connectivity index (χ0v) is 11.1. The van der Waals surface area contributed by atoms with E-state index in [-0.39, 0.29) is 18.1 Å². The third-order valence-corrected chi connectivity index (χ3v) is 4.27. The molecule has 2 heterocycles. The molecule has 2 aliphatic rings. The summed E-state index contributed by atoms with van der Waals surface area (Å²) in [5, 5.41) is 3.48. The largest absolute Gasteiger partial charge is 0.372 e. The van der Waals surface area contributed by atoms with Crippen molar-refractivity contribution in [3.63, 3.8) is 0 Å². The zero-order valence-electron chi connectivity index (χ0n) is 11.1. The van der Waals surface area contributed by atoms with Crippen molar-refractivity contribution in [3.05, 3.63) is 0 Å². The second-order valence-corrected chi connectivity index (χ2v) is 5.55. The fourth-order valence-electron chi connectivity index (χ4n) is 3.11. The molecule has 0 saturated carbocycles. The predicted molar refractivity (Wildman–Crippen MR) is 67.1 cm³/mol. The van der Waals surface area contributed by atoms with Crippen molar-refractivity contribution in [1.29, 1.82) is 0 Å². The summed E-state index contributed by atoms with van der Waals surface area (Å²) in [5.74, 6) is 0. The molecule has 0 radical (unpaired) electrons. The van der Waals surface area contributed by atoms with Crippen molar-refractivity contribution >= 4 is 0 Å². The number of morpholine rings is 1. The average molecular weight is 262 g/mol. The van der Waals surface area contributed by atoms with Gasteiger partial charge in [-0.1, -0.05) is 0 Å². The number of piperidine rings is 1. The SMILES string of the molecule is CN1CCC2(CC1)OCCNC2CCCC(F)F. The van der Waals surface area contributed by atoms with Crippen LogP contribution in [-0.2, 0) is 4.74 Å². The van der Waals surface area contributed by atoms with Crippen molar-refractivity contribution in [3.8, 4) is 0 Å². The maximum atomic E-state index is 12.2. The summed E-state index contributed by atoms with van der Waals surface area (Å²) in [6, 6.07) is 0.249. The number of nitrogens with zero attached hydrogens (tertiary/aromatic N) is 1. The first-order valence-corrected chi connectivity index (χ1v) is 6.96. The molecule has 0 aromatic rings. The van der Waals surface area contributed by atoms with Gasteiger partial charge in [0.25, 0.3) is 0 Å². The number of likely N-dealkylation sites (tertiary alicyclic amines) is 1. The van der Waals surface area contributed by atoms with Gasteiger partial charge in [-0.2, -0.15) is 0 Å². The van der Waals surface area contributed by atoms with Crippen LogP contribution in [0.25, 0.3) is 0 Å². The Balaban J connectivity index is 1.89. The lowest BCUT2D eigenvalue weighted by atomic mass is 9.80. The van der Waals surface area contributed by atoms with Crippen molar-refractivity contribution in [2.24, 2.45) is 0 Å². The van der Waals surface area contributed by atoms with Crippen LogP contribution in [0.4, 0.5) is 8.78 Å². The van der Waals surface area contributed by atoms with Crippen molar-refractivity contribution in [1.82, 2.24) is 10.2 Å². The Bertz CT molecular complexity index is 255. The summed E-state index contributed by atoms with van der Waals surface area (Å²) < 4.78 is 30.5. The zero-order chi connectivity index (χ0) is 13.0. The van der Waals surface area contributed by atoms with Gasteiger partial charge in [-0.3, -0.25) is 0 Å². The second-order valence-electron chi connectivity index (χ2n) is 5.55. The van der Waals surface area contributed by atoms with Gasteiger partial charge in [-0.25, -0.2) is 8.78 Å². The number of ether oxygens (including phenoxy) is 1. The molecule has 5 heteroatoms. The van der Waals surface area contributed by atoms with Crippen LogP contribution in [-0.4, -0.2) is 56.3 Å². The number of hydrogen-bond donors (Lipinski definition) is 1. The van der Waals surface area contributed by atoms with Gasteiger partial charge in [0.05, 0.1) is 12.2 Å². The predicted octanol–water partition coefficient (Wildman–Crippen LogP) is 1.87. The van der Waals surface area contributed by atoms with Crippen LogP contribution in [0.15, 0.2) is 0 Å². The first-order valence-electron chi connectivity index (χ1n) is 6.96. The highest BCUT2D eigenvalue weighted by Gasteiger charge is 2.43. The lowest BCUT2D eigenvalue weighted by Gasteiger charge is -2.48. The van der Waals surface area contributed by atoms with E-state index in [2.05, 4.69) is 17.3 Å². The molecule has 1 spiro atoms. The molecule has 2 rings (SSSR count). The summed E-state index contributed by atoms with van der Waals surface area (Å²) >= 11 is 0. The lowest BCUT2D eigenvalue weighted by molar-refractivity contribution is -0.127. The molecule has 0 aromatic carbocycles. The van der Waals surface area contributed by atoms with Gasteiger partial charge in [0.2, 0.25) is 6.43 Å². The number of halogens is 2. The van der Waals surface area contributed by atoms with Crippen molar-refractivity contribution in [2.75, 3.05) is 33.3 Å². The van der Waals surface area contributed by atoms with Crippen LogP contribution in [0.3, 0.4) is 0 Å². The smallest absolute Gasteiger partial charge is 0.238 e. The van der Waals surface area contributed by atoms with Crippen molar-refractivity contribution in [2.45, 2.75) is 50.2 Å². The van der Waals surface area contributed by atoms with E-state index in [0.717, 1.165) is 45.5 Å². The first kappa shape index (κ1) is 14.2. The fourth-order valence-corrected chi connectivity index (χ4v) is 3.11. The monoisotopic (exact) mass is 262 g/mol. The van der Waals surface area contributed by atoms with Crippen LogP contribution in [0.2, 0.25) is 0 Å². The highest BCUT2D eigenvalue weighted by Crippen LogP contribution is 2.33. The second kappa shape index (κ2) is 6.26. The Morgan fingerprint density at radius 3 is 2.78 bits per heavy atom. The average Bonchev–Trinajstić information content (AvgIpc) is 2.35. The van der Waals surface area contributed by atoms with Crippen LogP contribution in [0, 0.1) is 0 Å². The molecule has 2 saturated heterocycles. The Morgan fingerprint density at radius 2 is 2.11 bits per heavy atom. The van der Waals surface area contributed by atoms with Crippen LogP contribution in [0.5, 0.6) is 0 Å². The van der Waals surface area contributed by atoms with Gasteiger partial charge in [0.15, 0.2) is 0 Å². The first-order chi connectivity index (χ1) is 8.62. The maximum Gasteiger partial charge on any atom is 0.238 e. The molecule has 0 aliphatic carbocycles. The molecular formula is C13H24F2N2O. The normalized spacial score (nSPS) is 29.0. The third kappa shape index (κ3) is 3.39. The van der Waals surface area contributed by atoms with E-state index in [1.54, 1.807) is 0 Å². The molecular weight excluding hydrogens is 238 g/mol. The van der Waals surface area contributed by atoms with E-state index in [1.807, 2.05) is 0 Å². The van der Waals surface area contributed by atoms with Gasteiger partial charge < -0.3 is 15.0 Å². The molecule has 0 bridgehead atoms. The molecule has 2 fully saturated rings. The van der Waals surface area contributed by atoms with E-state index in [4.69, 9.17) is 4.74 Å². The number of hydrogen-bond acceptors (Lipinski definition) is 3. The number of alkyl halides is 2. The highest BCUT2D eigenvalue weighted by molar-refractivity contribution is 4.99. The Kier molecular flexibility index (Phi) is 4.92. The number of rotatable bonds is 4. The molecule has 1 unspecified atom stereocenters. The summed E-state index contributed by atoms with van der Waals surface area (Å²) in [6.45, 7) is 3.66. The third-order valence-electron chi connectivity index (χ3n) is 4.27. The van der Waals surface area contributed by atoms with E-state index < -0.39 is 6.43 Å². The quantitative estimate of drug-likeness (QED) is 0.837. The molecule has 0 amide bonds. The van der Waals surface area contributed by atoms with Gasteiger partial charge in [-0.05, 0) is 32.7 Å². The minimum Gasteiger partial charge on any atom is -0.372 e. The van der Waals surface area contributed by atoms with Gasteiger partial charge >= 0.3 is 0 Å². The highest BCUT2D eigenvalue weighted by atomic mass is 19.3. The molecule has 0 aromatic heterocycles. The number of nitrogens with one attached hydrogen (secondary N) is 1. The molecule has 2 aliphatic heterocycles. The topological polar surface area (TPSA) is 24.5 Å². The van der Waals surface area contributed by atoms with Crippen LogP contribution in [0.1, 0.15) is 32.1 Å². The Morgan fingerprint density at radius 1 is 1.39 bits per heavy atom. The van der Waals surface area contributed by atoms with Crippen LogP contribution >= 0.6 is 0 Å². The molecule has 106 valence electrons. The van der Waals surface area contributed by atoms with Crippen molar-refractivity contribution < 1.29 is 13.5 Å². The van der Waals surface area contributed by atoms with E-state index in [0.29, 0.717) is 6.42 Å². The standard InChI is InChI=1S/C13H24F2N2O/c1-17-8-5-13(6-9-17)11(16-7-10-18-13)3-2-4-12(14)15/h11-12,16H,2-10H2,1H3. The van der Waals surface area contributed by atoms with Gasteiger partial charge in [0.1, 0.15) is 0 Å². The molecule has 1 N–H and O–H groups in total. The summed E-state index contributed by atoms with van der Waals surface area (Å²) in [7, 11) is 2.12. The minimum atomic E-state index is -2.18. The summed E-state index contributed by atoms with van der Waals surface area (Å²) in [5.41, 5.74) is -0.104. The minimum absolute atomic E-state index is 0.00810. The lowest BCUT2D eigenvalue weighted by Crippen LogP contribution is -2.61. The Labute approximate surface area is 108 Å². The Hall–Kier alpha value is -0.260. The van der Waals surface area contributed by atoms with E-state index in [1.165, 1.54) is 0 Å². The molecule has 18 heavy (non-hydrogen) atoms. The van der Waals surface area contributed by atoms with Gasteiger partial charge in [-0.15, -0.1) is 0 Å². The summed E-state index contributed by atoms with van der Waals surface area (Å²) in [6.07, 6.45) is 1.23. The summed E-state index contributed by atoms with van der Waals surface area (Å²) in [4.78, 5) is 2.30. The molecule has 1 atom stereocenters. The maximum absolute atomic E-state index is 12.2. The van der Waals surface area contributed by atoms with Gasteiger partial charge in [0, 0.05) is 32.1 Å².